The van der Waals surface area contributed by atoms with Crippen LogP contribution in [-0.4, -0.2) is 26.1 Å². The van der Waals surface area contributed by atoms with E-state index in [-0.39, 0.29) is 26.0 Å². The van der Waals surface area contributed by atoms with E-state index in [0.29, 0.717) is 16.8 Å². The summed E-state index contributed by atoms with van der Waals surface area (Å²) in [5.74, 6) is -0.673. The Labute approximate surface area is 164 Å². The van der Waals surface area contributed by atoms with E-state index in [1.54, 1.807) is 10.6 Å². The summed E-state index contributed by atoms with van der Waals surface area (Å²) in [6, 6.07) is 8.63. The number of methoxy groups -OCH3 is 1. The maximum Gasteiger partial charge on any atom is 0.339 e. The van der Waals surface area contributed by atoms with Gasteiger partial charge in [0.05, 0.1) is 32.8 Å². The Morgan fingerprint density at radius 3 is 2.67 bits per heavy atom. The number of thiazole rings is 1. The number of ether oxygens (including phenoxy) is 1. The van der Waals surface area contributed by atoms with Crippen LogP contribution in [-0.2, 0) is 21.3 Å². The molecule has 0 radical (unpaired) electrons. The van der Waals surface area contributed by atoms with E-state index in [2.05, 4.69) is 9.46 Å². The molecular formula is C17H15ClN2O5S2. The third kappa shape index (κ3) is 3.71. The molecule has 3 aromatic rings. The van der Waals surface area contributed by atoms with Crippen LogP contribution >= 0.6 is 22.9 Å². The van der Waals surface area contributed by atoms with Crippen molar-refractivity contribution in [1.29, 1.82) is 0 Å². The van der Waals surface area contributed by atoms with E-state index >= 15 is 0 Å². The molecule has 3 rings (SSSR count). The Morgan fingerprint density at radius 1 is 1.26 bits per heavy atom. The SMILES string of the molecule is CCn1c(=O)sc2cc(S(=O)(=O)Nc3ccc(Cl)c(C(=O)OC)c3)ccc21. The molecule has 1 heterocycles. The first-order valence-corrected chi connectivity index (χ1v) is 10.5. The second-order valence-electron chi connectivity index (χ2n) is 5.53. The normalized spacial score (nSPS) is 11.5. The number of hydrogen-bond donors (Lipinski definition) is 1. The lowest BCUT2D eigenvalue weighted by Crippen LogP contribution is -2.14. The Kier molecular flexibility index (Phi) is 5.27. The van der Waals surface area contributed by atoms with Crippen LogP contribution in [0.4, 0.5) is 5.69 Å². The van der Waals surface area contributed by atoms with Crippen molar-refractivity contribution in [2.24, 2.45) is 0 Å². The predicted octanol–water partition coefficient (Wildman–Crippen LogP) is 3.32. The van der Waals surface area contributed by atoms with E-state index in [4.69, 9.17) is 11.6 Å². The first-order chi connectivity index (χ1) is 12.8. The number of carbonyl (C=O) groups excluding carboxylic acids is 1. The van der Waals surface area contributed by atoms with Crippen molar-refractivity contribution < 1.29 is 17.9 Å². The van der Waals surface area contributed by atoms with Gasteiger partial charge in [0.15, 0.2) is 0 Å². The number of halogens is 1. The molecule has 0 saturated carbocycles. The van der Waals surface area contributed by atoms with E-state index in [0.717, 1.165) is 11.3 Å². The van der Waals surface area contributed by atoms with Crippen molar-refractivity contribution in [3.63, 3.8) is 0 Å². The van der Waals surface area contributed by atoms with Gasteiger partial charge in [-0.1, -0.05) is 22.9 Å². The average Bonchev–Trinajstić information content (AvgIpc) is 2.96. The maximum atomic E-state index is 12.7. The first kappa shape index (κ1) is 19.4. The molecule has 1 N–H and O–H groups in total. The van der Waals surface area contributed by atoms with Crippen LogP contribution in [0.3, 0.4) is 0 Å². The number of aryl methyl sites for hydroxylation is 1. The Hall–Kier alpha value is -2.36. The average molecular weight is 427 g/mol. The van der Waals surface area contributed by atoms with Crippen molar-refractivity contribution in [3.05, 3.63) is 56.7 Å². The Balaban J connectivity index is 1.99. The summed E-state index contributed by atoms with van der Waals surface area (Å²) in [5.41, 5.74) is 0.901. The lowest BCUT2D eigenvalue weighted by molar-refractivity contribution is 0.0601. The minimum absolute atomic E-state index is 0.00840. The molecule has 142 valence electrons. The first-order valence-electron chi connectivity index (χ1n) is 7.81. The molecule has 27 heavy (non-hydrogen) atoms. The quantitative estimate of drug-likeness (QED) is 0.631. The van der Waals surface area contributed by atoms with Crippen molar-refractivity contribution in [3.8, 4) is 0 Å². The largest absolute Gasteiger partial charge is 0.465 e. The second kappa shape index (κ2) is 7.34. The molecule has 0 aliphatic heterocycles. The number of nitrogens with zero attached hydrogens (tertiary/aromatic N) is 1. The fourth-order valence-corrected chi connectivity index (χ4v) is 4.92. The van der Waals surface area contributed by atoms with Gasteiger partial charge in [0.1, 0.15) is 0 Å². The molecule has 7 nitrogen and oxygen atoms in total. The predicted molar refractivity (Wildman–Crippen MR) is 105 cm³/mol. The van der Waals surface area contributed by atoms with Gasteiger partial charge in [0.25, 0.3) is 10.0 Å². The van der Waals surface area contributed by atoms with Crippen LogP contribution in [0.15, 0.2) is 46.1 Å². The van der Waals surface area contributed by atoms with Gasteiger partial charge >= 0.3 is 10.8 Å². The van der Waals surface area contributed by atoms with Gasteiger partial charge in [-0.05, 0) is 43.3 Å². The number of aromatic nitrogens is 1. The lowest BCUT2D eigenvalue weighted by atomic mass is 10.2. The van der Waals surface area contributed by atoms with Crippen LogP contribution < -0.4 is 9.60 Å². The summed E-state index contributed by atoms with van der Waals surface area (Å²) in [5, 5.41) is 0.150. The number of nitrogens with one attached hydrogen (secondary N) is 1. The second-order valence-corrected chi connectivity index (χ2v) is 8.62. The summed E-state index contributed by atoms with van der Waals surface area (Å²) < 4.78 is 34.6. The van der Waals surface area contributed by atoms with Gasteiger partial charge in [0.2, 0.25) is 0 Å². The monoisotopic (exact) mass is 426 g/mol. The van der Waals surface area contributed by atoms with Crippen LogP contribution in [0.5, 0.6) is 0 Å². The smallest absolute Gasteiger partial charge is 0.339 e. The molecule has 0 saturated heterocycles. The summed E-state index contributed by atoms with van der Waals surface area (Å²) in [6.07, 6.45) is 0. The summed E-state index contributed by atoms with van der Waals surface area (Å²) >= 11 is 6.93. The zero-order valence-electron chi connectivity index (χ0n) is 14.4. The van der Waals surface area contributed by atoms with Crippen molar-refractivity contribution in [1.82, 2.24) is 4.57 Å². The van der Waals surface area contributed by atoms with Gasteiger partial charge in [-0.25, -0.2) is 13.2 Å². The number of anilines is 1. The highest BCUT2D eigenvalue weighted by molar-refractivity contribution is 7.92. The van der Waals surface area contributed by atoms with Gasteiger partial charge in [-0.3, -0.25) is 14.1 Å². The number of carbonyl (C=O) groups is 1. The minimum atomic E-state index is -3.93. The third-order valence-corrected chi connectivity index (χ3v) is 6.54. The summed E-state index contributed by atoms with van der Waals surface area (Å²) in [4.78, 5) is 23.5. The number of sulfonamides is 1. The molecule has 0 fully saturated rings. The molecule has 0 amide bonds. The van der Waals surface area contributed by atoms with E-state index in [1.807, 2.05) is 6.92 Å². The van der Waals surface area contributed by atoms with Crippen molar-refractivity contribution >= 4 is 54.8 Å². The van der Waals surface area contributed by atoms with Crippen molar-refractivity contribution in [2.75, 3.05) is 11.8 Å². The third-order valence-electron chi connectivity index (χ3n) is 3.89. The highest BCUT2D eigenvalue weighted by atomic mass is 35.5. The fourth-order valence-electron chi connectivity index (χ4n) is 2.58. The molecule has 10 heteroatoms. The Morgan fingerprint density at radius 2 is 2.00 bits per heavy atom. The molecular weight excluding hydrogens is 412 g/mol. The molecule has 1 aromatic heterocycles. The molecule has 0 bridgehead atoms. The van der Waals surface area contributed by atoms with E-state index in [9.17, 15) is 18.0 Å². The van der Waals surface area contributed by atoms with Gasteiger partial charge in [0, 0.05) is 12.2 Å². The van der Waals surface area contributed by atoms with Gasteiger partial charge in [-0.15, -0.1) is 0 Å². The molecule has 0 spiro atoms. The summed E-state index contributed by atoms with van der Waals surface area (Å²) in [6.45, 7) is 2.35. The van der Waals surface area contributed by atoms with Crippen molar-refractivity contribution in [2.45, 2.75) is 18.4 Å². The highest BCUT2D eigenvalue weighted by Gasteiger charge is 2.19. The minimum Gasteiger partial charge on any atom is -0.465 e. The molecule has 0 aliphatic carbocycles. The topological polar surface area (TPSA) is 94.5 Å². The van der Waals surface area contributed by atoms with E-state index < -0.39 is 16.0 Å². The summed E-state index contributed by atoms with van der Waals surface area (Å²) in [7, 11) is -2.72. The van der Waals surface area contributed by atoms with Crippen LogP contribution in [0.2, 0.25) is 5.02 Å². The number of fused-ring (bicyclic) bond motifs is 1. The molecule has 2 aromatic carbocycles. The van der Waals surface area contributed by atoms with Gasteiger partial charge < -0.3 is 4.74 Å². The van der Waals surface area contributed by atoms with Crippen LogP contribution in [0.1, 0.15) is 17.3 Å². The molecule has 0 atom stereocenters. The van der Waals surface area contributed by atoms with Crippen LogP contribution in [0.25, 0.3) is 10.2 Å². The lowest BCUT2D eigenvalue weighted by Gasteiger charge is -2.10. The Bertz CT molecular complexity index is 1200. The van der Waals surface area contributed by atoms with E-state index in [1.165, 1.54) is 37.4 Å². The zero-order valence-corrected chi connectivity index (χ0v) is 16.7. The maximum absolute atomic E-state index is 12.7. The van der Waals surface area contributed by atoms with Crippen LogP contribution in [0, 0.1) is 0 Å². The number of rotatable bonds is 5. The fraction of sp³-hybridized carbons (Fsp3) is 0.176. The molecule has 0 aliphatic rings. The zero-order chi connectivity index (χ0) is 19.8. The number of esters is 1. The number of hydrogen-bond acceptors (Lipinski definition) is 6. The molecule has 0 unspecified atom stereocenters. The number of benzene rings is 2. The standard InChI is InChI=1S/C17H15ClN2O5S2/c1-3-20-14-7-5-11(9-15(14)26-17(20)22)27(23,24)19-10-4-6-13(18)12(8-10)16(21)25-2/h4-9,19H,3H2,1-2H3. The highest BCUT2D eigenvalue weighted by Crippen LogP contribution is 2.26. The van der Waals surface area contributed by atoms with Gasteiger partial charge in [-0.2, -0.15) is 0 Å².